The summed E-state index contributed by atoms with van der Waals surface area (Å²) in [6, 6.07) is 47.9. The summed E-state index contributed by atoms with van der Waals surface area (Å²) in [7, 11) is 3.22. The van der Waals surface area contributed by atoms with Gasteiger partial charge in [0.15, 0.2) is 0 Å². The van der Waals surface area contributed by atoms with E-state index in [2.05, 4.69) is 165 Å². The van der Waals surface area contributed by atoms with E-state index < -0.39 is 11.1 Å². The second-order valence-electron chi connectivity index (χ2n) is 21.1. The van der Waals surface area contributed by atoms with E-state index in [0.717, 1.165) is 75.1 Å². The zero-order chi connectivity index (χ0) is 55.3. The highest BCUT2D eigenvalue weighted by Crippen LogP contribution is 2.61. The number of aromatic nitrogens is 2. The molecule has 2 N–H and O–H groups in total. The molecule has 2 amide bonds. The summed E-state index contributed by atoms with van der Waals surface area (Å²) < 4.78 is 38.6. The van der Waals surface area contributed by atoms with Crippen LogP contribution in [-0.4, -0.2) is 81.8 Å². The van der Waals surface area contributed by atoms with Crippen molar-refractivity contribution in [3.8, 4) is 34.4 Å². The molecule has 2 atom stereocenters. The molecule has 11 rings (SSSR count). The summed E-state index contributed by atoms with van der Waals surface area (Å²) in [5.74, 6) is 1.77. The number of rotatable bonds is 10. The monoisotopic (exact) mass is 1130 g/mol. The molecule has 2 saturated heterocycles. The van der Waals surface area contributed by atoms with Crippen LogP contribution in [0.4, 0.5) is 0 Å². The second-order valence-corrected chi connectivity index (χ2v) is 27.7. The first-order valence-corrected chi connectivity index (χ1v) is 30.2. The number of amides is 2. The van der Waals surface area contributed by atoms with Gasteiger partial charge in [0.25, 0.3) is 11.8 Å². The summed E-state index contributed by atoms with van der Waals surface area (Å²) in [6.07, 6.45) is 5.71. The van der Waals surface area contributed by atoms with Crippen LogP contribution >= 0.6 is 38.9 Å². The molecule has 78 heavy (non-hydrogen) atoms. The highest BCUT2D eigenvalue weighted by Gasteiger charge is 2.53. The van der Waals surface area contributed by atoms with E-state index in [1.54, 1.807) is 38.5 Å². The van der Waals surface area contributed by atoms with Gasteiger partial charge in [-0.1, -0.05) is 72.8 Å². The van der Waals surface area contributed by atoms with Gasteiger partial charge in [-0.15, -0.1) is 10.2 Å². The summed E-state index contributed by atoms with van der Waals surface area (Å²) in [5, 5.41) is 5.38. The summed E-state index contributed by atoms with van der Waals surface area (Å²) >= 11 is 13.8. The Balaban J connectivity index is 0.000000175. The first kappa shape index (κ1) is 56.7. The molecule has 0 bridgehead atoms. The number of nitrogens with zero attached hydrogens (tertiary/aromatic N) is 4. The second kappa shape index (κ2) is 23.7. The lowest BCUT2D eigenvalue weighted by atomic mass is 9.76. The maximum Gasteiger partial charge on any atom is 0.339 e. The van der Waals surface area contributed by atoms with Crippen molar-refractivity contribution in [2.45, 2.75) is 102 Å². The Morgan fingerprint density at radius 2 is 0.974 bits per heavy atom. The average molecular weight is 1130 g/mol. The fourth-order valence-electron chi connectivity index (χ4n) is 11.2. The minimum Gasteiger partial charge on any atom is -0.497 e. The van der Waals surface area contributed by atoms with Crippen LogP contribution < -0.4 is 20.3 Å². The maximum atomic E-state index is 12.8. The Hall–Kier alpha value is -6.06. The third-order valence-electron chi connectivity index (χ3n) is 15.3. The van der Waals surface area contributed by atoms with Gasteiger partial charge in [-0.3, -0.25) is 34.8 Å². The van der Waals surface area contributed by atoms with Crippen molar-refractivity contribution in [2.75, 3.05) is 27.4 Å². The van der Waals surface area contributed by atoms with E-state index in [-0.39, 0.29) is 28.4 Å². The number of benzene rings is 6. The highest BCUT2D eigenvalue weighted by atomic mass is 36.0. The smallest absolute Gasteiger partial charge is 0.339 e. The minimum absolute atomic E-state index is 0.000118. The maximum absolute atomic E-state index is 12.8. The van der Waals surface area contributed by atoms with Crippen molar-refractivity contribution < 1.29 is 37.5 Å². The first-order valence-electron chi connectivity index (χ1n) is 25.8. The van der Waals surface area contributed by atoms with Crippen LogP contribution in [0.3, 0.4) is 0 Å². The molecule has 18 heteroatoms. The topological polar surface area (TPSA) is 158 Å². The van der Waals surface area contributed by atoms with Crippen LogP contribution in [0.1, 0.15) is 94.6 Å². The molecular weight excluding hydrogens is 1070 g/mol. The lowest BCUT2D eigenvalue weighted by Gasteiger charge is -2.45. The summed E-state index contributed by atoms with van der Waals surface area (Å²) in [5.41, 5.74) is 14.8. The molecule has 6 aromatic carbocycles. The van der Waals surface area contributed by atoms with Gasteiger partial charge in [0, 0.05) is 35.3 Å². The van der Waals surface area contributed by atoms with Crippen molar-refractivity contribution in [1.82, 2.24) is 30.8 Å². The van der Waals surface area contributed by atoms with Gasteiger partial charge in [-0.25, -0.2) is 0 Å². The van der Waals surface area contributed by atoms with E-state index in [4.69, 9.17) is 23.4 Å². The molecule has 0 saturated carbocycles. The quantitative estimate of drug-likeness (QED) is 0.0988. The summed E-state index contributed by atoms with van der Waals surface area (Å²) in [6.45, 7) is 11.8. The van der Waals surface area contributed by atoms with E-state index in [1.165, 1.54) is 33.4 Å². The van der Waals surface area contributed by atoms with Crippen molar-refractivity contribution >= 4 is 50.7 Å². The van der Waals surface area contributed by atoms with Crippen LogP contribution in [0.15, 0.2) is 150 Å². The average Bonchev–Trinajstić information content (AvgIpc) is 4.31. The fraction of sp³-hybridized carbons (Fsp3) is 0.333. The van der Waals surface area contributed by atoms with Crippen LogP contribution in [-0.2, 0) is 52.8 Å². The van der Waals surface area contributed by atoms with Gasteiger partial charge in [0.1, 0.15) is 22.9 Å². The SMILES string of the molecule is COc1ccc(-c2nnc(-c3ccc4c(c3)CCC3(COC(C)(C)N3Cc3ccccc3)C4)o2)cc1.COc1ccc(C(=O)NNC(=O)c2ccc3c(c2)CCC2(COC(C)(C)N2Cc2ccccc2)C3)cc1.O=P(Cl)(Cl)Cl. The van der Waals surface area contributed by atoms with Gasteiger partial charge in [-0.05, 0) is 206 Å². The van der Waals surface area contributed by atoms with E-state index in [1.807, 2.05) is 48.5 Å². The number of ether oxygens (including phenoxy) is 4. The predicted molar refractivity (Wildman–Crippen MR) is 305 cm³/mol. The van der Waals surface area contributed by atoms with Crippen LogP contribution in [0, 0.1) is 0 Å². The molecule has 2 aliphatic heterocycles. The van der Waals surface area contributed by atoms with E-state index in [9.17, 15) is 14.2 Å². The van der Waals surface area contributed by atoms with Gasteiger partial charge in [-0.2, -0.15) is 0 Å². The molecule has 4 aliphatic rings. The van der Waals surface area contributed by atoms with Gasteiger partial charge >= 0.3 is 5.20 Å². The standard InChI is InChI=1S/C30H33N3O4.C30H31N3O3.Cl3OP/c1-29(2)33(19-21-7-5-4-6-8-21)30(20-37-29)16-15-23-17-24(9-10-25(23)18-30)28(35)32-31-27(34)22-11-13-26(36-3)14-12-22;1-29(2)33(19-21-7-5-4-6-8-21)30(20-35-29)16-15-23-17-24(9-10-25(23)18-30)28-32-31-27(36-28)22-11-13-26(34-3)14-12-22;1-5(2,3)4/h4-14,17H,15-16,18-20H2,1-3H3,(H,31,34)(H,32,35);4-14,17H,15-16,18-20H2,1-3H3;. The number of carbonyl (C=O) groups excluding carboxylic acids is 2. The number of hydrazine groups is 1. The third-order valence-corrected chi connectivity index (χ3v) is 15.3. The van der Waals surface area contributed by atoms with Gasteiger partial charge < -0.3 is 23.4 Å². The van der Waals surface area contributed by atoms with E-state index >= 15 is 0 Å². The molecular formula is C60H64Cl3N6O8P. The third kappa shape index (κ3) is 13.3. The predicted octanol–water partition coefficient (Wildman–Crippen LogP) is 13.0. The molecule has 2 fully saturated rings. The first-order chi connectivity index (χ1) is 37.2. The van der Waals surface area contributed by atoms with Crippen molar-refractivity contribution in [2.24, 2.45) is 0 Å². The van der Waals surface area contributed by atoms with Gasteiger partial charge in [0.2, 0.25) is 11.8 Å². The molecule has 14 nitrogen and oxygen atoms in total. The Bertz CT molecular complexity index is 3260. The number of nitrogens with one attached hydrogen (secondary N) is 2. The highest BCUT2D eigenvalue weighted by molar-refractivity contribution is 8.24. The normalized spacial score (nSPS) is 20.1. The van der Waals surface area contributed by atoms with Crippen molar-refractivity contribution in [3.63, 3.8) is 0 Å². The fourth-order valence-corrected chi connectivity index (χ4v) is 11.2. The van der Waals surface area contributed by atoms with Crippen LogP contribution in [0.5, 0.6) is 11.5 Å². The molecule has 408 valence electrons. The number of hydrogen-bond donors (Lipinski definition) is 2. The zero-order valence-corrected chi connectivity index (χ0v) is 47.7. The number of halogens is 3. The Morgan fingerprint density at radius 3 is 1.46 bits per heavy atom. The zero-order valence-electron chi connectivity index (χ0n) is 44.6. The minimum atomic E-state index is -3.22. The number of methoxy groups -OCH3 is 2. The number of hydrogen-bond acceptors (Lipinski definition) is 12. The molecule has 2 unspecified atom stereocenters. The lowest BCUT2D eigenvalue weighted by molar-refractivity contribution is -0.0676. The molecule has 0 radical (unpaired) electrons. The van der Waals surface area contributed by atoms with Crippen LogP contribution in [0.2, 0.25) is 0 Å². The number of aryl methyl sites for hydroxylation is 2. The molecule has 2 spiro atoms. The van der Waals surface area contributed by atoms with E-state index in [0.29, 0.717) is 35.3 Å². The molecule has 2 aliphatic carbocycles. The van der Waals surface area contributed by atoms with Crippen molar-refractivity contribution in [3.05, 3.63) is 190 Å². The van der Waals surface area contributed by atoms with Crippen molar-refractivity contribution in [1.29, 1.82) is 0 Å². The lowest BCUT2D eigenvalue weighted by Crippen LogP contribution is -2.54. The molecule has 3 heterocycles. The molecule has 7 aromatic rings. The van der Waals surface area contributed by atoms with Crippen LogP contribution in [0.25, 0.3) is 22.9 Å². The number of carbonyl (C=O) groups is 2. The largest absolute Gasteiger partial charge is 0.497 e. The summed E-state index contributed by atoms with van der Waals surface area (Å²) in [4.78, 5) is 30.3. The van der Waals surface area contributed by atoms with Gasteiger partial charge in [0.05, 0.1) is 38.5 Å². The Kier molecular flexibility index (Phi) is 17.2. The Labute approximate surface area is 470 Å². The molecule has 1 aromatic heterocycles. The number of fused-ring (bicyclic) bond motifs is 2. The Morgan fingerprint density at radius 1 is 0.564 bits per heavy atom.